The fraction of sp³-hybridized carbons (Fsp3) is 1.00. The highest BCUT2D eigenvalue weighted by Crippen LogP contribution is 2.28. The minimum Gasteiger partial charge on any atom is -0.391 e. The number of hydrogen-bond acceptors (Lipinski definition) is 4. The Bertz CT molecular complexity index is 176. The molecule has 3 N–H and O–H groups in total. The Morgan fingerprint density at radius 1 is 1.33 bits per heavy atom. The van der Waals surface area contributed by atoms with E-state index in [0.717, 1.165) is 13.0 Å². The molecule has 0 radical (unpaired) electrons. The van der Waals surface area contributed by atoms with Gasteiger partial charge >= 0.3 is 0 Å². The van der Waals surface area contributed by atoms with Crippen LogP contribution in [0, 0.1) is 0 Å². The van der Waals surface area contributed by atoms with Crippen LogP contribution in [0.5, 0.6) is 0 Å². The smallest absolute Gasteiger partial charge is 0.0836 e. The molecule has 2 aliphatic rings. The third kappa shape index (κ3) is 1.07. The molecule has 0 saturated carbocycles. The Balaban J connectivity index is 2.12. The molecule has 4 heteroatoms. The van der Waals surface area contributed by atoms with E-state index in [4.69, 9.17) is 0 Å². The number of hydrogen-bond donors (Lipinski definition) is 3. The molecule has 0 aromatic rings. The van der Waals surface area contributed by atoms with Gasteiger partial charge in [-0.05, 0) is 13.5 Å². The van der Waals surface area contributed by atoms with E-state index in [1.807, 2.05) is 7.05 Å². The van der Waals surface area contributed by atoms with Gasteiger partial charge in [0, 0.05) is 13.1 Å². The molecule has 2 rings (SSSR count). The maximum atomic E-state index is 9.63. The number of likely N-dealkylation sites (N-methyl/N-ethyl adjacent to an activating group) is 1. The SMILES string of the molecule is CNC1C(O)CN2CCC(O)C12. The quantitative estimate of drug-likeness (QED) is 0.445. The number of aliphatic hydroxyl groups is 2. The van der Waals surface area contributed by atoms with Crippen LogP contribution < -0.4 is 5.32 Å². The molecule has 4 nitrogen and oxygen atoms in total. The topological polar surface area (TPSA) is 55.7 Å². The van der Waals surface area contributed by atoms with E-state index >= 15 is 0 Å². The Hall–Kier alpha value is -0.160. The third-order valence-corrected chi connectivity index (χ3v) is 3.07. The van der Waals surface area contributed by atoms with Gasteiger partial charge < -0.3 is 15.5 Å². The first kappa shape index (κ1) is 8.44. The van der Waals surface area contributed by atoms with Crippen molar-refractivity contribution in [2.45, 2.75) is 30.7 Å². The molecule has 0 aromatic carbocycles. The second-order valence-corrected chi connectivity index (χ2v) is 3.72. The number of aliphatic hydroxyl groups excluding tert-OH is 2. The summed E-state index contributed by atoms with van der Waals surface area (Å²) in [5.41, 5.74) is 0. The van der Waals surface area contributed by atoms with Crippen LogP contribution in [0.25, 0.3) is 0 Å². The highest BCUT2D eigenvalue weighted by atomic mass is 16.3. The number of rotatable bonds is 1. The lowest BCUT2D eigenvalue weighted by molar-refractivity contribution is 0.106. The first-order chi connectivity index (χ1) is 5.74. The molecule has 12 heavy (non-hydrogen) atoms. The zero-order valence-corrected chi connectivity index (χ0v) is 7.27. The Kier molecular flexibility index (Phi) is 2.08. The number of nitrogens with one attached hydrogen (secondary N) is 1. The van der Waals surface area contributed by atoms with Crippen molar-refractivity contribution in [1.82, 2.24) is 10.2 Å². The largest absolute Gasteiger partial charge is 0.391 e. The van der Waals surface area contributed by atoms with Gasteiger partial charge in [-0.25, -0.2) is 0 Å². The molecular weight excluding hydrogens is 156 g/mol. The molecular formula is C8H16N2O2. The molecule has 4 unspecified atom stereocenters. The predicted molar refractivity (Wildman–Crippen MR) is 44.8 cm³/mol. The van der Waals surface area contributed by atoms with Crippen molar-refractivity contribution in [2.75, 3.05) is 20.1 Å². The van der Waals surface area contributed by atoms with Crippen LogP contribution in [0.2, 0.25) is 0 Å². The maximum Gasteiger partial charge on any atom is 0.0836 e. The monoisotopic (exact) mass is 172 g/mol. The van der Waals surface area contributed by atoms with Crippen molar-refractivity contribution in [3.63, 3.8) is 0 Å². The highest BCUT2D eigenvalue weighted by Gasteiger charge is 2.47. The van der Waals surface area contributed by atoms with Crippen LogP contribution in [0.4, 0.5) is 0 Å². The lowest BCUT2D eigenvalue weighted by atomic mass is 10.0. The summed E-state index contributed by atoms with van der Waals surface area (Å²) in [5, 5.41) is 22.3. The molecule has 0 aromatic heterocycles. The Morgan fingerprint density at radius 3 is 2.75 bits per heavy atom. The van der Waals surface area contributed by atoms with Gasteiger partial charge in [0.1, 0.15) is 0 Å². The van der Waals surface area contributed by atoms with Crippen LogP contribution in [0.15, 0.2) is 0 Å². The van der Waals surface area contributed by atoms with Crippen LogP contribution in [-0.2, 0) is 0 Å². The summed E-state index contributed by atoms with van der Waals surface area (Å²) in [6.45, 7) is 1.62. The fourth-order valence-electron chi connectivity index (χ4n) is 2.49. The second-order valence-electron chi connectivity index (χ2n) is 3.72. The molecule has 0 amide bonds. The molecule has 4 atom stereocenters. The fourth-order valence-corrected chi connectivity index (χ4v) is 2.49. The summed E-state index contributed by atoms with van der Waals surface area (Å²) in [4.78, 5) is 2.16. The van der Waals surface area contributed by atoms with E-state index in [9.17, 15) is 10.2 Å². The Labute approximate surface area is 72.2 Å². The van der Waals surface area contributed by atoms with Crippen molar-refractivity contribution in [1.29, 1.82) is 0 Å². The standard InChI is InChI=1S/C8H16N2O2/c1-9-7-6(12)4-10-3-2-5(11)8(7)10/h5-9,11-12H,2-4H2,1H3. The summed E-state index contributed by atoms with van der Waals surface area (Å²) in [6, 6.07) is 0.174. The van der Waals surface area contributed by atoms with Gasteiger partial charge in [0.05, 0.1) is 24.3 Å². The minimum absolute atomic E-state index is 0.0440. The summed E-state index contributed by atoms with van der Waals surface area (Å²) >= 11 is 0. The van der Waals surface area contributed by atoms with Gasteiger partial charge in [-0.2, -0.15) is 0 Å². The van der Waals surface area contributed by atoms with Crippen molar-refractivity contribution in [3.8, 4) is 0 Å². The molecule has 2 aliphatic heterocycles. The first-order valence-electron chi connectivity index (χ1n) is 4.51. The summed E-state index contributed by atoms with van der Waals surface area (Å²) < 4.78 is 0. The van der Waals surface area contributed by atoms with Crippen molar-refractivity contribution < 1.29 is 10.2 Å². The van der Waals surface area contributed by atoms with Crippen molar-refractivity contribution >= 4 is 0 Å². The molecule has 2 fully saturated rings. The van der Waals surface area contributed by atoms with Crippen LogP contribution >= 0.6 is 0 Å². The number of fused-ring (bicyclic) bond motifs is 1. The lowest BCUT2D eigenvalue weighted by Gasteiger charge is -2.23. The predicted octanol–water partition coefficient (Wildman–Crippen LogP) is -1.62. The van der Waals surface area contributed by atoms with E-state index in [0.29, 0.717) is 6.54 Å². The van der Waals surface area contributed by atoms with Crippen LogP contribution in [-0.4, -0.2) is 59.5 Å². The zero-order chi connectivity index (χ0) is 8.72. The first-order valence-corrected chi connectivity index (χ1v) is 4.51. The Morgan fingerprint density at radius 2 is 2.08 bits per heavy atom. The normalized spacial score (nSPS) is 48.2. The van der Waals surface area contributed by atoms with E-state index in [2.05, 4.69) is 10.2 Å². The van der Waals surface area contributed by atoms with Crippen LogP contribution in [0.1, 0.15) is 6.42 Å². The van der Waals surface area contributed by atoms with E-state index in [1.54, 1.807) is 0 Å². The maximum absolute atomic E-state index is 9.63. The van der Waals surface area contributed by atoms with Gasteiger partial charge in [-0.3, -0.25) is 4.90 Å². The van der Waals surface area contributed by atoms with Gasteiger partial charge in [-0.1, -0.05) is 0 Å². The van der Waals surface area contributed by atoms with Gasteiger partial charge in [0.2, 0.25) is 0 Å². The zero-order valence-electron chi connectivity index (χ0n) is 7.27. The molecule has 2 saturated heterocycles. The third-order valence-electron chi connectivity index (χ3n) is 3.07. The van der Waals surface area contributed by atoms with Crippen molar-refractivity contribution in [2.24, 2.45) is 0 Å². The van der Waals surface area contributed by atoms with E-state index < -0.39 is 0 Å². The average molecular weight is 172 g/mol. The van der Waals surface area contributed by atoms with E-state index in [-0.39, 0.29) is 24.3 Å². The molecule has 0 aliphatic carbocycles. The summed E-state index contributed by atoms with van der Waals surface area (Å²) in [7, 11) is 1.84. The summed E-state index contributed by atoms with van der Waals surface area (Å²) in [6.07, 6.45) is 0.254. The number of nitrogens with zero attached hydrogens (tertiary/aromatic N) is 1. The van der Waals surface area contributed by atoms with Crippen LogP contribution in [0.3, 0.4) is 0 Å². The highest BCUT2D eigenvalue weighted by molar-refractivity contribution is 5.04. The average Bonchev–Trinajstić information content (AvgIpc) is 2.52. The van der Waals surface area contributed by atoms with Gasteiger partial charge in [0.15, 0.2) is 0 Å². The molecule has 2 heterocycles. The molecule has 0 bridgehead atoms. The molecule has 70 valence electrons. The second kappa shape index (κ2) is 2.96. The van der Waals surface area contributed by atoms with Gasteiger partial charge in [-0.15, -0.1) is 0 Å². The molecule has 0 spiro atoms. The minimum atomic E-state index is -0.324. The van der Waals surface area contributed by atoms with Crippen molar-refractivity contribution in [3.05, 3.63) is 0 Å². The van der Waals surface area contributed by atoms with Gasteiger partial charge in [0.25, 0.3) is 0 Å². The lowest BCUT2D eigenvalue weighted by Crippen LogP contribution is -2.47. The van der Waals surface area contributed by atoms with E-state index in [1.165, 1.54) is 0 Å². The summed E-state index contributed by atoms with van der Waals surface area (Å²) in [5.74, 6) is 0.